The first kappa shape index (κ1) is 12.2. The number of rotatable bonds is 4. The van der Waals surface area contributed by atoms with Gasteiger partial charge < -0.3 is 10.5 Å². The largest absolute Gasteiger partial charge is 0.497 e. The van der Waals surface area contributed by atoms with Gasteiger partial charge in [0.2, 0.25) is 0 Å². The van der Waals surface area contributed by atoms with E-state index >= 15 is 0 Å². The summed E-state index contributed by atoms with van der Waals surface area (Å²) in [4.78, 5) is 5.50. The SMILES string of the molecule is COc1ccc(-c2nc(C3CC3)c(C(=N)N)s2)cc1. The van der Waals surface area contributed by atoms with Crippen molar-refractivity contribution in [3.8, 4) is 16.3 Å². The molecule has 5 heteroatoms. The van der Waals surface area contributed by atoms with Crippen LogP contribution in [0.2, 0.25) is 0 Å². The summed E-state index contributed by atoms with van der Waals surface area (Å²) in [6, 6.07) is 7.80. The molecule has 1 aromatic carbocycles. The number of ether oxygens (including phenoxy) is 1. The molecule has 3 rings (SSSR count). The lowest BCUT2D eigenvalue weighted by Gasteiger charge is -2.00. The molecule has 2 aromatic rings. The van der Waals surface area contributed by atoms with E-state index in [-0.39, 0.29) is 5.84 Å². The van der Waals surface area contributed by atoms with E-state index in [1.807, 2.05) is 24.3 Å². The summed E-state index contributed by atoms with van der Waals surface area (Å²) >= 11 is 1.50. The molecule has 4 nitrogen and oxygen atoms in total. The van der Waals surface area contributed by atoms with Crippen LogP contribution in [-0.4, -0.2) is 17.9 Å². The molecule has 0 atom stereocenters. The Bertz CT molecular complexity index is 614. The minimum Gasteiger partial charge on any atom is -0.497 e. The van der Waals surface area contributed by atoms with Gasteiger partial charge in [-0.3, -0.25) is 5.41 Å². The molecule has 1 aromatic heterocycles. The minimum absolute atomic E-state index is 0.124. The maximum absolute atomic E-state index is 7.67. The zero-order valence-corrected chi connectivity index (χ0v) is 11.5. The number of amidine groups is 1. The summed E-state index contributed by atoms with van der Waals surface area (Å²) in [7, 11) is 1.65. The van der Waals surface area contributed by atoms with Crippen LogP contribution in [0, 0.1) is 5.41 Å². The van der Waals surface area contributed by atoms with Crippen molar-refractivity contribution in [3.63, 3.8) is 0 Å². The van der Waals surface area contributed by atoms with E-state index in [2.05, 4.69) is 4.98 Å². The fourth-order valence-corrected chi connectivity index (χ4v) is 3.03. The second-order valence-corrected chi connectivity index (χ2v) is 5.65. The van der Waals surface area contributed by atoms with Crippen molar-refractivity contribution in [2.75, 3.05) is 7.11 Å². The van der Waals surface area contributed by atoms with E-state index in [1.165, 1.54) is 11.3 Å². The molecule has 1 aliphatic rings. The van der Waals surface area contributed by atoms with Crippen LogP contribution in [0.5, 0.6) is 5.75 Å². The quantitative estimate of drug-likeness (QED) is 0.664. The zero-order valence-electron chi connectivity index (χ0n) is 10.6. The second-order valence-electron chi connectivity index (χ2n) is 4.65. The normalized spacial score (nSPS) is 14.4. The summed E-state index contributed by atoms with van der Waals surface area (Å²) in [6.07, 6.45) is 2.32. The second kappa shape index (κ2) is 4.66. The van der Waals surface area contributed by atoms with Crippen LogP contribution >= 0.6 is 11.3 Å². The van der Waals surface area contributed by atoms with Crippen molar-refractivity contribution in [1.82, 2.24) is 4.98 Å². The van der Waals surface area contributed by atoms with E-state index < -0.39 is 0 Å². The lowest BCUT2D eigenvalue weighted by atomic mass is 10.2. The van der Waals surface area contributed by atoms with Crippen molar-refractivity contribution < 1.29 is 4.74 Å². The van der Waals surface area contributed by atoms with E-state index in [4.69, 9.17) is 15.9 Å². The first-order valence-electron chi connectivity index (χ1n) is 6.18. The first-order valence-corrected chi connectivity index (χ1v) is 7.00. The van der Waals surface area contributed by atoms with Crippen LogP contribution in [-0.2, 0) is 0 Å². The monoisotopic (exact) mass is 273 g/mol. The highest BCUT2D eigenvalue weighted by Gasteiger charge is 2.30. The summed E-state index contributed by atoms with van der Waals surface area (Å²) < 4.78 is 5.15. The number of nitrogens with one attached hydrogen (secondary N) is 1. The fraction of sp³-hybridized carbons (Fsp3) is 0.286. The molecule has 98 valence electrons. The van der Waals surface area contributed by atoms with Gasteiger partial charge in [-0.2, -0.15) is 0 Å². The predicted molar refractivity (Wildman–Crippen MR) is 77.1 cm³/mol. The van der Waals surface area contributed by atoms with Gasteiger partial charge in [-0.25, -0.2) is 4.98 Å². The molecule has 0 bridgehead atoms. The molecule has 0 aliphatic heterocycles. The van der Waals surface area contributed by atoms with Gasteiger partial charge in [0, 0.05) is 11.5 Å². The van der Waals surface area contributed by atoms with Crippen molar-refractivity contribution in [1.29, 1.82) is 5.41 Å². The van der Waals surface area contributed by atoms with Crippen LogP contribution in [0.4, 0.5) is 0 Å². The number of benzene rings is 1. The van der Waals surface area contributed by atoms with Gasteiger partial charge in [0.1, 0.15) is 16.6 Å². The number of thiazole rings is 1. The number of nitrogens with two attached hydrogens (primary N) is 1. The molecular formula is C14H15N3OS. The van der Waals surface area contributed by atoms with Crippen LogP contribution in [0.25, 0.3) is 10.6 Å². The lowest BCUT2D eigenvalue weighted by molar-refractivity contribution is 0.415. The van der Waals surface area contributed by atoms with Crippen molar-refractivity contribution in [2.24, 2.45) is 5.73 Å². The van der Waals surface area contributed by atoms with Crippen LogP contribution < -0.4 is 10.5 Å². The third kappa shape index (κ3) is 2.33. The van der Waals surface area contributed by atoms with Crippen molar-refractivity contribution in [3.05, 3.63) is 34.8 Å². The Morgan fingerprint density at radius 3 is 2.58 bits per heavy atom. The molecule has 0 amide bonds. The van der Waals surface area contributed by atoms with Crippen LogP contribution in [0.1, 0.15) is 29.3 Å². The third-order valence-corrected chi connectivity index (χ3v) is 4.35. The number of methoxy groups -OCH3 is 1. The maximum Gasteiger partial charge on any atom is 0.135 e. The van der Waals surface area contributed by atoms with E-state index in [0.29, 0.717) is 5.92 Å². The maximum atomic E-state index is 7.67. The van der Waals surface area contributed by atoms with Gasteiger partial charge in [-0.15, -0.1) is 11.3 Å². The highest BCUT2D eigenvalue weighted by atomic mass is 32.1. The summed E-state index contributed by atoms with van der Waals surface area (Å²) in [6.45, 7) is 0. The van der Waals surface area contributed by atoms with Gasteiger partial charge in [0.25, 0.3) is 0 Å². The minimum atomic E-state index is 0.124. The average Bonchev–Trinajstić information content (AvgIpc) is 3.17. The third-order valence-electron chi connectivity index (χ3n) is 3.20. The Labute approximate surface area is 115 Å². The van der Waals surface area contributed by atoms with E-state index in [9.17, 15) is 0 Å². The topological polar surface area (TPSA) is 72.0 Å². The lowest BCUT2D eigenvalue weighted by Crippen LogP contribution is -2.11. The smallest absolute Gasteiger partial charge is 0.135 e. The van der Waals surface area contributed by atoms with E-state index in [0.717, 1.165) is 39.7 Å². The Balaban J connectivity index is 1.99. The molecule has 1 heterocycles. The molecule has 19 heavy (non-hydrogen) atoms. The Morgan fingerprint density at radius 1 is 1.37 bits per heavy atom. The van der Waals surface area contributed by atoms with Crippen LogP contribution in [0.15, 0.2) is 24.3 Å². The van der Waals surface area contributed by atoms with Crippen molar-refractivity contribution >= 4 is 17.2 Å². The fourth-order valence-electron chi connectivity index (χ4n) is 2.02. The molecule has 1 fully saturated rings. The van der Waals surface area contributed by atoms with Gasteiger partial charge in [0.15, 0.2) is 0 Å². The molecule has 1 saturated carbocycles. The number of hydrogen-bond donors (Lipinski definition) is 2. The number of hydrogen-bond acceptors (Lipinski definition) is 4. The highest BCUT2D eigenvalue weighted by molar-refractivity contribution is 7.17. The van der Waals surface area contributed by atoms with Gasteiger partial charge in [0.05, 0.1) is 17.7 Å². The summed E-state index contributed by atoms with van der Waals surface area (Å²) in [5.41, 5.74) is 7.70. The zero-order chi connectivity index (χ0) is 13.4. The number of nitrogen functional groups attached to an aromatic ring is 1. The molecule has 1 aliphatic carbocycles. The number of nitrogens with zero attached hydrogens (tertiary/aromatic N) is 1. The highest BCUT2D eigenvalue weighted by Crippen LogP contribution is 2.44. The molecule has 0 unspecified atom stereocenters. The van der Waals surface area contributed by atoms with Crippen LogP contribution in [0.3, 0.4) is 0 Å². The molecular weight excluding hydrogens is 258 g/mol. The van der Waals surface area contributed by atoms with E-state index in [1.54, 1.807) is 7.11 Å². The molecule has 0 radical (unpaired) electrons. The van der Waals surface area contributed by atoms with Gasteiger partial charge in [-0.1, -0.05) is 0 Å². The Morgan fingerprint density at radius 2 is 2.05 bits per heavy atom. The molecule has 0 saturated heterocycles. The standard InChI is InChI=1S/C14H15N3OS/c1-18-10-6-4-9(5-7-10)14-17-11(8-2-3-8)12(19-14)13(15)16/h4-8H,2-3H2,1H3,(H3,15,16). The summed E-state index contributed by atoms with van der Waals surface area (Å²) in [5, 5.41) is 8.59. The molecule has 3 N–H and O–H groups in total. The Hall–Kier alpha value is -1.88. The average molecular weight is 273 g/mol. The first-order chi connectivity index (χ1) is 9.19. The Kier molecular flexibility index (Phi) is 2.98. The number of aromatic nitrogens is 1. The molecule has 0 spiro atoms. The predicted octanol–water partition coefficient (Wildman–Crippen LogP) is 2.98. The van der Waals surface area contributed by atoms with Gasteiger partial charge >= 0.3 is 0 Å². The summed E-state index contributed by atoms with van der Waals surface area (Å²) in [5.74, 6) is 1.45. The van der Waals surface area contributed by atoms with Gasteiger partial charge in [-0.05, 0) is 37.1 Å². The van der Waals surface area contributed by atoms with Crippen molar-refractivity contribution in [2.45, 2.75) is 18.8 Å².